The highest BCUT2D eigenvalue weighted by Crippen LogP contribution is 2.28. The number of pyridine rings is 1. The van der Waals surface area contributed by atoms with E-state index in [2.05, 4.69) is 22.1 Å². The van der Waals surface area contributed by atoms with E-state index in [1.165, 1.54) is 5.56 Å². The van der Waals surface area contributed by atoms with E-state index in [1.54, 1.807) is 17.2 Å². The van der Waals surface area contributed by atoms with Crippen molar-refractivity contribution in [2.45, 2.75) is 19.8 Å². The maximum atomic E-state index is 12.9. The Hall–Kier alpha value is -2.93. The van der Waals surface area contributed by atoms with Crippen molar-refractivity contribution in [1.82, 2.24) is 4.98 Å². The molecule has 0 saturated carbocycles. The van der Waals surface area contributed by atoms with E-state index in [4.69, 9.17) is 4.74 Å². The molecule has 29 heavy (non-hydrogen) atoms. The first kappa shape index (κ1) is 19.4. The average Bonchev–Trinajstić information content (AvgIpc) is 3.16. The number of hydrogen-bond donors (Lipinski definition) is 1. The molecule has 2 fully saturated rings. The lowest BCUT2D eigenvalue weighted by Crippen LogP contribution is -2.37. The normalized spacial score (nSPS) is 19.5. The number of amides is 2. The number of carbonyl (C=O) groups is 2. The SMILES string of the molecule is CCc1ccc(N2CC(C(=O)Nc3cccnc3N3CCOCC3)CC2=O)cc1. The largest absolute Gasteiger partial charge is 0.378 e. The maximum absolute atomic E-state index is 12.9. The monoisotopic (exact) mass is 394 g/mol. The van der Waals surface area contributed by atoms with Gasteiger partial charge in [-0.15, -0.1) is 0 Å². The van der Waals surface area contributed by atoms with Crippen molar-refractivity contribution in [1.29, 1.82) is 0 Å². The van der Waals surface area contributed by atoms with Gasteiger partial charge in [-0.25, -0.2) is 4.98 Å². The number of benzene rings is 1. The van der Waals surface area contributed by atoms with Crippen LogP contribution in [0.3, 0.4) is 0 Å². The third-order valence-electron chi connectivity index (χ3n) is 5.51. The molecule has 2 saturated heterocycles. The molecule has 7 nitrogen and oxygen atoms in total. The number of hydrogen-bond acceptors (Lipinski definition) is 5. The molecule has 0 radical (unpaired) electrons. The van der Waals surface area contributed by atoms with Gasteiger partial charge in [0.05, 0.1) is 24.8 Å². The van der Waals surface area contributed by atoms with Crippen LogP contribution in [0.25, 0.3) is 0 Å². The van der Waals surface area contributed by atoms with Gasteiger partial charge in [0.2, 0.25) is 11.8 Å². The highest BCUT2D eigenvalue weighted by Gasteiger charge is 2.35. The van der Waals surface area contributed by atoms with E-state index in [1.807, 2.05) is 30.3 Å². The Balaban J connectivity index is 1.45. The smallest absolute Gasteiger partial charge is 0.229 e. The summed E-state index contributed by atoms with van der Waals surface area (Å²) in [7, 11) is 0. The lowest BCUT2D eigenvalue weighted by Gasteiger charge is -2.29. The van der Waals surface area contributed by atoms with E-state index >= 15 is 0 Å². The molecule has 2 aliphatic heterocycles. The number of aromatic nitrogens is 1. The Morgan fingerprint density at radius 3 is 2.69 bits per heavy atom. The van der Waals surface area contributed by atoms with Crippen molar-refractivity contribution in [3.05, 3.63) is 48.2 Å². The Morgan fingerprint density at radius 2 is 1.97 bits per heavy atom. The first-order chi connectivity index (χ1) is 14.2. The molecule has 0 bridgehead atoms. The number of ether oxygens (including phenoxy) is 1. The van der Waals surface area contributed by atoms with Crippen molar-refractivity contribution in [3.63, 3.8) is 0 Å². The fourth-order valence-corrected chi connectivity index (χ4v) is 3.80. The van der Waals surface area contributed by atoms with Gasteiger partial charge in [0, 0.05) is 37.9 Å². The Morgan fingerprint density at radius 1 is 1.21 bits per heavy atom. The molecule has 0 spiro atoms. The van der Waals surface area contributed by atoms with Crippen LogP contribution in [-0.2, 0) is 20.7 Å². The molecule has 2 aromatic rings. The minimum Gasteiger partial charge on any atom is -0.378 e. The first-order valence-corrected chi connectivity index (χ1v) is 10.1. The number of anilines is 3. The molecule has 1 unspecified atom stereocenters. The molecular weight excluding hydrogens is 368 g/mol. The van der Waals surface area contributed by atoms with Gasteiger partial charge in [-0.2, -0.15) is 0 Å². The Bertz CT molecular complexity index is 878. The summed E-state index contributed by atoms with van der Waals surface area (Å²) in [6, 6.07) is 11.6. The summed E-state index contributed by atoms with van der Waals surface area (Å²) in [5.41, 5.74) is 2.75. The molecule has 4 rings (SSSR count). The zero-order valence-electron chi connectivity index (χ0n) is 16.6. The lowest BCUT2D eigenvalue weighted by molar-refractivity contribution is -0.122. The van der Waals surface area contributed by atoms with E-state index < -0.39 is 0 Å². The van der Waals surface area contributed by atoms with Crippen LogP contribution in [0.4, 0.5) is 17.2 Å². The van der Waals surface area contributed by atoms with Gasteiger partial charge >= 0.3 is 0 Å². The summed E-state index contributed by atoms with van der Waals surface area (Å²) in [5, 5.41) is 3.00. The number of morpholine rings is 1. The number of carbonyl (C=O) groups excluding carboxylic acids is 2. The molecule has 7 heteroatoms. The summed E-state index contributed by atoms with van der Waals surface area (Å²) in [6.45, 7) is 5.26. The maximum Gasteiger partial charge on any atom is 0.229 e. The highest BCUT2D eigenvalue weighted by molar-refractivity contribution is 6.04. The van der Waals surface area contributed by atoms with Gasteiger partial charge in [-0.05, 0) is 36.2 Å². The number of nitrogens with one attached hydrogen (secondary N) is 1. The van der Waals surface area contributed by atoms with Crippen molar-refractivity contribution in [2.24, 2.45) is 5.92 Å². The van der Waals surface area contributed by atoms with Gasteiger partial charge < -0.3 is 19.9 Å². The fourth-order valence-electron chi connectivity index (χ4n) is 3.80. The zero-order chi connectivity index (χ0) is 20.2. The second-order valence-electron chi connectivity index (χ2n) is 7.39. The van der Waals surface area contributed by atoms with E-state index in [0.717, 1.165) is 31.0 Å². The van der Waals surface area contributed by atoms with Gasteiger partial charge in [0.15, 0.2) is 5.82 Å². The standard InChI is InChI=1S/C22H26N4O3/c1-2-16-5-7-18(8-6-16)26-15-17(14-20(26)27)22(28)24-19-4-3-9-23-21(19)25-10-12-29-13-11-25/h3-9,17H,2,10-15H2,1H3,(H,24,28). The third kappa shape index (κ3) is 4.24. The summed E-state index contributed by atoms with van der Waals surface area (Å²) in [5.74, 6) is 0.203. The van der Waals surface area contributed by atoms with Crippen LogP contribution < -0.4 is 15.1 Å². The van der Waals surface area contributed by atoms with Crippen LogP contribution in [-0.4, -0.2) is 49.6 Å². The second-order valence-corrected chi connectivity index (χ2v) is 7.39. The molecule has 1 aromatic carbocycles. The number of nitrogens with zero attached hydrogens (tertiary/aromatic N) is 3. The molecule has 2 amide bonds. The van der Waals surface area contributed by atoms with Crippen LogP contribution >= 0.6 is 0 Å². The summed E-state index contributed by atoms with van der Waals surface area (Å²) in [6.07, 6.45) is 2.89. The highest BCUT2D eigenvalue weighted by atomic mass is 16.5. The molecule has 2 aliphatic rings. The minimum atomic E-state index is -0.383. The Labute approximate surface area is 170 Å². The van der Waals surface area contributed by atoms with Crippen molar-refractivity contribution in [2.75, 3.05) is 48.0 Å². The van der Waals surface area contributed by atoms with Crippen LogP contribution in [0.1, 0.15) is 18.9 Å². The quantitative estimate of drug-likeness (QED) is 0.843. The molecule has 3 heterocycles. The van der Waals surface area contributed by atoms with Crippen LogP contribution in [0, 0.1) is 5.92 Å². The van der Waals surface area contributed by atoms with Crippen LogP contribution in [0.2, 0.25) is 0 Å². The van der Waals surface area contributed by atoms with Crippen molar-refractivity contribution < 1.29 is 14.3 Å². The van der Waals surface area contributed by atoms with E-state index in [0.29, 0.717) is 25.4 Å². The summed E-state index contributed by atoms with van der Waals surface area (Å²) in [4.78, 5) is 33.7. The summed E-state index contributed by atoms with van der Waals surface area (Å²) < 4.78 is 5.40. The van der Waals surface area contributed by atoms with Crippen LogP contribution in [0.5, 0.6) is 0 Å². The average molecular weight is 394 g/mol. The minimum absolute atomic E-state index is 0.0195. The Kier molecular flexibility index (Phi) is 5.76. The summed E-state index contributed by atoms with van der Waals surface area (Å²) >= 11 is 0. The molecule has 1 aromatic heterocycles. The molecule has 1 atom stereocenters. The molecular formula is C22H26N4O3. The first-order valence-electron chi connectivity index (χ1n) is 10.1. The number of aryl methyl sites for hydroxylation is 1. The van der Waals surface area contributed by atoms with E-state index in [9.17, 15) is 9.59 Å². The van der Waals surface area contributed by atoms with Gasteiger partial charge in [-0.3, -0.25) is 9.59 Å². The predicted octanol–water partition coefficient (Wildman–Crippen LogP) is 2.47. The van der Waals surface area contributed by atoms with Crippen LogP contribution in [0.15, 0.2) is 42.6 Å². The molecule has 0 aliphatic carbocycles. The topological polar surface area (TPSA) is 74.8 Å². The predicted molar refractivity (Wildman–Crippen MR) is 112 cm³/mol. The van der Waals surface area contributed by atoms with Gasteiger partial charge in [0.1, 0.15) is 0 Å². The second kappa shape index (κ2) is 8.61. The third-order valence-corrected chi connectivity index (χ3v) is 5.51. The number of rotatable bonds is 5. The van der Waals surface area contributed by atoms with Gasteiger partial charge in [-0.1, -0.05) is 19.1 Å². The van der Waals surface area contributed by atoms with E-state index in [-0.39, 0.29) is 24.2 Å². The van der Waals surface area contributed by atoms with Crippen molar-refractivity contribution in [3.8, 4) is 0 Å². The molecule has 152 valence electrons. The van der Waals surface area contributed by atoms with Gasteiger partial charge in [0.25, 0.3) is 0 Å². The van der Waals surface area contributed by atoms with Crippen molar-refractivity contribution >= 4 is 29.0 Å². The lowest BCUT2D eigenvalue weighted by atomic mass is 10.1. The fraction of sp³-hybridized carbons (Fsp3) is 0.409. The molecule has 1 N–H and O–H groups in total. The zero-order valence-corrected chi connectivity index (χ0v) is 16.6.